The molecular weight excluding hydrogens is 621 g/mol. The smallest absolute Gasteiger partial charge is 0.257 e. The number of aliphatic imine (C=N–C) groups is 1. The number of carbonyl (C=O) groups is 1. The van der Waals surface area contributed by atoms with Crippen molar-refractivity contribution < 1.29 is 19.5 Å². The third-order valence-corrected chi connectivity index (χ3v) is 8.78. The standard InChI is InChI=1S/C27H31Cl2N7O2S2.H2O2/c1-34(40(2)38)25-8-3-18(17-32-27(30)31)13-24(25)26(37)33-21-4-6-23(7-5-21)39-36-11-9-35(10-12-36)22-15-19(28)14-20(29)16-22;1-2/h3-8,13-16H,9-12,17H2,1-2H3,(H,33,37)(H4,30,31,32);1-2H. The first-order valence-corrected chi connectivity index (χ1v) is 15.6. The second kappa shape index (κ2) is 16.0. The normalized spacial score (nSPS) is 13.9. The molecule has 1 heterocycles. The Morgan fingerprint density at radius 1 is 1.02 bits per heavy atom. The Kier molecular flexibility index (Phi) is 12.7. The highest BCUT2D eigenvalue weighted by Gasteiger charge is 2.20. The number of guanidine groups is 1. The number of hydrogen-bond acceptors (Lipinski definition) is 8. The molecule has 1 fully saturated rings. The zero-order chi connectivity index (χ0) is 30.8. The van der Waals surface area contributed by atoms with Crippen LogP contribution in [0.15, 0.2) is 70.6 Å². The number of halogens is 2. The lowest BCUT2D eigenvalue weighted by Gasteiger charge is -2.35. The predicted octanol–water partition coefficient (Wildman–Crippen LogP) is 4.60. The molecule has 226 valence electrons. The Balaban J connectivity index is 0.00000237. The zero-order valence-corrected chi connectivity index (χ0v) is 26.2. The van der Waals surface area contributed by atoms with Crippen molar-refractivity contribution >= 4 is 75.1 Å². The maximum atomic E-state index is 13.3. The second-order valence-electron chi connectivity index (χ2n) is 9.13. The van der Waals surface area contributed by atoms with Gasteiger partial charge < -0.3 is 21.7 Å². The van der Waals surface area contributed by atoms with E-state index >= 15 is 0 Å². The van der Waals surface area contributed by atoms with Gasteiger partial charge in [-0.25, -0.2) is 13.5 Å². The van der Waals surface area contributed by atoms with Gasteiger partial charge >= 0.3 is 0 Å². The summed E-state index contributed by atoms with van der Waals surface area (Å²) in [6, 6.07) is 18.6. The monoisotopic (exact) mass is 653 g/mol. The lowest BCUT2D eigenvalue weighted by atomic mass is 10.1. The van der Waals surface area contributed by atoms with Crippen molar-refractivity contribution in [1.82, 2.24) is 4.31 Å². The molecule has 1 amide bonds. The predicted molar refractivity (Wildman–Crippen MR) is 174 cm³/mol. The summed E-state index contributed by atoms with van der Waals surface area (Å²) in [5.74, 6) is -0.357. The topological polar surface area (TPSA) is 161 Å². The van der Waals surface area contributed by atoms with Gasteiger partial charge in [-0.1, -0.05) is 29.3 Å². The van der Waals surface area contributed by atoms with Crippen LogP contribution in [0.5, 0.6) is 0 Å². The molecule has 0 bridgehead atoms. The quantitative estimate of drug-likeness (QED) is 0.0731. The van der Waals surface area contributed by atoms with Gasteiger partial charge in [-0.2, -0.15) is 0 Å². The van der Waals surface area contributed by atoms with Gasteiger partial charge in [-0.3, -0.25) is 19.6 Å². The molecule has 4 rings (SSSR count). The van der Waals surface area contributed by atoms with E-state index in [0.29, 0.717) is 27.0 Å². The molecule has 3 aromatic carbocycles. The first kappa shape index (κ1) is 33.5. The fraction of sp³-hybridized carbons (Fsp3) is 0.259. The third kappa shape index (κ3) is 9.49. The van der Waals surface area contributed by atoms with Crippen LogP contribution in [0.4, 0.5) is 17.1 Å². The Bertz CT molecular complexity index is 1400. The van der Waals surface area contributed by atoms with Gasteiger partial charge in [0.25, 0.3) is 5.91 Å². The highest BCUT2D eigenvalue weighted by molar-refractivity contribution is 7.97. The second-order valence-corrected chi connectivity index (χ2v) is 12.6. The third-order valence-electron chi connectivity index (χ3n) is 6.27. The summed E-state index contributed by atoms with van der Waals surface area (Å²) in [5.41, 5.74) is 14.3. The summed E-state index contributed by atoms with van der Waals surface area (Å²) in [6.07, 6.45) is 1.55. The van der Waals surface area contributed by atoms with Gasteiger partial charge in [-0.15, -0.1) is 0 Å². The summed E-state index contributed by atoms with van der Waals surface area (Å²) in [6.45, 7) is 3.70. The van der Waals surface area contributed by atoms with Crippen LogP contribution in [-0.4, -0.2) is 70.4 Å². The molecule has 7 N–H and O–H groups in total. The highest BCUT2D eigenvalue weighted by Crippen LogP contribution is 2.30. The van der Waals surface area contributed by atoms with Crippen LogP contribution in [0.2, 0.25) is 10.0 Å². The molecule has 11 nitrogen and oxygen atoms in total. The molecule has 3 aromatic rings. The lowest BCUT2D eigenvalue weighted by Crippen LogP contribution is -2.43. The number of hydrogen-bond donors (Lipinski definition) is 5. The maximum Gasteiger partial charge on any atom is 0.257 e. The summed E-state index contributed by atoms with van der Waals surface area (Å²) in [5, 5.41) is 16.2. The molecule has 1 unspecified atom stereocenters. The number of piperazine rings is 1. The van der Waals surface area contributed by atoms with Gasteiger partial charge in [0, 0.05) is 65.8 Å². The number of anilines is 3. The average molecular weight is 655 g/mol. The molecule has 1 saturated heterocycles. The van der Waals surface area contributed by atoms with Crippen LogP contribution < -0.4 is 26.0 Å². The van der Waals surface area contributed by atoms with Crippen molar-refractivity contribution in [3.63, 3.8) is 0 Å². The largest absolute Gasteiger partial charge is 0.370 e. The van der Waals surface area contributed by atoms with E-state index in [0.717, 1.165) is 42.3 Å². The summed E-state index contributed by atoms with van der Waals surface area (Å²) >= 11 is 14.0. The fourth-order valence-electron chi connectivity index (χ4n) is 4.17. The van der Waals surface area contributed by atoms with Crippen LogP contribution in [-0.2, 0) is 17.5 Å². The molecule has 0 radical (unpaired) electrons. The minimum absolute atomic E-state index is 0.0345. The van der Waals surface area contributed by atoms with Crippen molar-refractivity contribution in [1.29, 1.82) is 0 Å². The van der Waals surface area contributed by atoms with Crippen molar-refractivity contribution in [3.8, 4) is 0 Å². The number of rotatable bonds is 9. The van der Waals surface area contributed by atoms with Crippen molar-refractivity contribution in [3.05, 3.63) is 81.8 Å². The van der Waals surface area contributed by atoms with E-state index in [-0.39, 0.29) is 18.4 Å². The van der Waals surface area contributed by atoms with Crippen LogP contribution in [0.1, 0.15) is 15.9 Å². The van der Waals surface area contributed by atoms with E-state index in [2.05, 4.69) is 19.5 Å². The SMILES string of the molecule is CN(c1ccc(CN=C(N)N)cc1C(=O)Nc1ccc(SN2CCN(c3cc(Cl)cc(Cl)c3)CC2)cc1)S(C)=O.OO. The molecule has 0 aromatic heterocycles. The van der Waals surface area contributed by atoms with Crippen LogP contribution >= 0.6 is 35.1 Å². The van der Waals surface area contributed by atoms with E-state index in [1.807, 2.05) is 36.4 Å². The molecule has 0 saturated carbocycles. The van der Waals surface area contributed by atoms with Gasteiger partial charge in [0.1, 0.15) is 11.0 Å². The molecule has 15 heteroatoms. The number of nitrogens with zero attached hydrogens (tertiary/aromatic N) is 4. The molecule has 42 heavy (non-hydrogen) atoms. The Morgan fingerprint density at radius 2 is 1.64 bits per heavy atom. The van der Waals surface area contributed by atoms with Crippen LogP contribution in [0.3, 0.4) is 0 Å². The van der Waals surface area contributed by atoms with Crippen molar-refractivity contribution in [2.45, 2.75) is 11.4 Å². The first-order valence-electron chi connectivity index (χ1n) is 12.6. The number of amides is 1. The van der Waals surface area contributed by atoms with E-state index in [1.165, 1.54) is 0 Å². The molecular formula is C27H33Cl2N7O4S2. The van der Waals surface area contributed by atoms with Gasteiger partial charge in [0.2, 0.25) is 0 Å². The van der Waals surface area contributed by atoms with E-state index < -0.39 is 11.0 Å². The number of nitrogens with two attached hydrogens (primary N) is 2. The minimum atomic E-state index is -1.31. The van der Waals surface area contributed by atoms with Gasteiger partial charge in [0.15, 0.2) is 5.96 Å². The number of carbonyl (C=O) groups excluding carboxylic acids is 1. The Morgan fingerprint density at radius 3 is 2.21 bits per heavy atom. The maximum absolute atomic E-state index is 13.3. The van der Waals surface area contributed by atoms with E-state index in [9.17, 15) is 9.00 Å². The highest BCUT2D eigenvalue weighted by atomic mass is 35.5. The van der Waals surface area contributed by atoms with E-state index in [1.54, 1.807) is 53.8 Å². The summed E-state index contributed by atoms with van der Waals surface area (Å²) in [7, 11) is 0.363. The first-order chi connectivity index (χ1) is 20.1. The lowest BCUT2D eigenvalue weighted by molar-refractivity contribution is -0.176. The fourth-order valence-corrected chi connectivity index (χ4v) is 6.02. The molecule has 0 spiro atoms. The average Bonchev–Trinajstić information content (AvgIpc) is 2.97. The number of benzene rings is 3. The Labute approximate surface area is 261 Å². The molecule has 0 aliphatic carbocycles. The summed E-state index contributed by atoms with van der Waals surface area (Å²) < 4.78 is 16.0. The Hall–Kier alpha value is -3.04. The molecule has 1 aliphatic rings. The number of nitrogens with one attached hydrogen (secondary N) is 1. The van der Waals surface area contributed by atoms with Gasteiger partial charge in [-0.05, 0) is 72.1 Å². The van der Waals surface area contributed by atoms with Crippen molar-refractivity contribution in [2.75, 3.05) is 54.0 Å². The minimum Gasteiger partial charge on any atom is -0.370 e. The molecule has 1 aliphatic heterocycles. The van der Waals surface area contributed by atoms with Crippen LogP contribution in [0.25, 0.3) is 0 Å². The van der Waals surface area contributed by atoms with E-state index in [4.69, 9.17) is 45.2 Å². The van der Waals surface area contributed by atoms with Crippen molar-refractivity contribution in [2.24, 2.45) is 16.5 Å². The zero-order valence-electron chi connectivity index (χ0n) is 23.0. The molecule has 1 atom stereocenters. The summed E-state index contributed by atoms with van der Waals surface area (Å²) in [4.78, 5) is 20.7. The van der Waals surface area contributed by atoms with Gasteiger partial charge in [0.05, 0.1) is 17.8 Å². The van der Waals surface area contributed by atoms with Crippen LogP contribution in [0, 0.1) is 0 Å².